The Bertz CT molecular complexity index is 984. The summed E-state index contributed by atoms with van der Waals surface area (Å²) in [5, 5.41) is 3.28. The van der Waals surface area contributed by atoms with Crippen molar-refractivity contribution in [2.24, 2.45) is 0 Å². The Morgan fingerprint density at radius 3 is 2.48 bits per heavy atom. The van der Waals surface area contributed by atoms with E-state index >= 15 is 0 Å². The number of rotatable bonds is 7. The first-order valence-electron chi connectivity index (χ1n) is 10.1. The van der Waals surface area contributed by atoms with Crippen LogP contribution in [0.5, 0.6) is 5.75 Å². The van der Waals surface area contributed by atoms with Gasteiger partial charge in [-0.2, -0.15) is 4.58 Å². The molecule has 0 radical (unpaired) electrons. The zero-order chi connectivity index (χ0) is 22.4. The highest BCUT2D eigenvalue weighted by Gasteiger charge is 2.28. The number of carbonyl (C=O) groups is 2. The number of nitrogens with one attached hydrogen (secondary N) is 1. The Morgan fingerprint density at radius 1 is 1.23 bits per heavy atom. The lowest BCUT2D eigenvalue weighted by molar-refractivity contribution is -0.451. The van der Waals surface area contributed by atoms with Gasteiger partial charge in [0, 0.05) is 37.2 Å². The van der Waals surface area contributed by atoms with Crippen LogP contribution in [0.4, 0.5) is 0 Å². The minimum atomic E-state index is -0.238. The zero-order valence-corrected chi connectivity index (χ0v) is 18.6. The van der Waals surface area contributed by atoms with Crippen molar-refractivity contribution in [3.05, 3.63) is 77.3 Å². The van der Waals surface area contributed by atoms with Gasteiger partial charge in [0.25, 0.3) is 5.91 Å². The molecule has 31 heavy (non-hydrogen) atoms. The highest BCUT2D eigenvalue weighted by molar-refractivity contribution is 6.30. The van der Waals surface area contributed by atoms with Crippen molar-refractivity contribution in [1.82, 2.24) is 10.2 Å². The van der Waals surface area contributed by atoms with Crippen LogP contribution in [0.2, 0.25) is 5.02 Å². The van der Waals surface area contributed by atoms with Crippen LogP contribution in [0.3, 0.4) is 0 Å². The van der Waals surface area contributed by atoms with Crippen LogP contribution in [0, 0.1) is 0 Å². The number of halogens is 1. The van der Waals surface area contributed by atoms with Crippen molar-refractivity contribution < 1.29 is 18.9 Å². The summed E-state index contributed by atoms with van der Waals surface area (Å²) in [7, 11) is 1.60. The molecule has 1 unspecified atom stereocenters. The normalized spacial score (nSPS) is 15.3. The summed E-state index contributed by atoms with van der Waals surface area (Å²) in [6.07, 6.45) is 1.11. The predicted molar refractivity (Wildman–Crippen MR) is 122 cm³/mol. The molecular formula is C24H27ClN3O3+. The molecule has 0 aliphatic carbocycles. The van der Waals surface area contributed by atoms with Crippen LogP contribution in [0.1, 0.15) is 28.9 Å². The average molecular weight is 441 g/mol. The van der Waals surface area contributed by atoms with E-state index in [4.69, 9.17) is 16.3 Å². The Morgan fingerprint density at radius 2 is 1.90 bits per heavy atom. The Hall–Kier alpha value is -2.96. The molecule has 0 spiro atoms. The first-order valence-corrected chi connectivity index (χ1v) is 10.5. The van der Waals surface area contributed by atoms with Crippen molar-refractivity contribution in [2.45, 2.75) is 13.0 Å². The van der Waals surface area contributed by atoms with Gasteiger partial charge in [-0.25, -0.2) is 4.79 Å². The van der Waals surface area contributed by atoms with Crippen molar-refractivity contribution in [3.63, 3.8) is 0 Å². The second-order valence-electron chi connectivity index (χ2n) is 7.43. The molecule has 1 heterocycles. The molecule has 1 atom stereocenters. The largest absolute Gasteiger partial charge is 0.484 e. The van der Waals surface area contributed by atoms with E-state index in [9.17, 15) is 9.59 Å². The van der Waals surface area contributed by atoms with Crippen LogP contribution < -0.4 is 10.1 Å². The number of hydrogen-bond acceptors (Lipinski definition) is 4. The Balaban J connectivity index is 1.79. The van der Waals surface area contributed by atoms with Crippen molar-refractivity contribution in [3.8, 4) is 5.75 Å². The van der Waals surface area contributed by atoms with Crippen LogP contribution in [0.15, 0.2) is 61.2 Å². The summed E-state index contributed by atoms with van der Waals surface area (Å²) in [6, 6.07) is 14.7. The third-order valence-corrected chi connectivity index (χ3v) is 5.53. The molecule has 0 aromatic heterocycles. The molecule has 1 aliphatic heterocycles. The first kappa shape index (κ1) is 22.7. The molecule has 0 saturated heterocycles. The summed E-state index contributed by atoms with van der Waals surface area (Å²) >= 11 is 6.07. The van der Waals surface area contributed by atoms with Gasteiger partial charge in [0.15, 0.2) is 12.3 Å². The molecule has 0 saturated carbocycles. The monoisotopic (exact) mass is 440 g/mol. The van der Waals surface area contributed by atoms with E-state index in [0.717, 1.165) is 17.8 Å². The lowest BCUT2D eigenvalue weighted by Crippen LogP contribution is -2.47. The molecule has 2 aromatic carbocycles. The Labute approximate surface area is 187 Å². The summed E-state index contributed by atoms with van der Waals surface area (Å²) in [4.78, 5) is 26.0. The van der Waals surface area contributed by atoms with Crippen LogP contribution in [0.25, 0.3) is 0 Å². The highest BCUT2D eigenvalue weighted by atomic mass is 35.5. The van der Waals surface area contributed by atoms with Crippen molar-refractivity contribution in [2.75, 3.05) is 33.2 Å². The number of benzene rings is 2. The van der Waals surface area contributed by atoms with Crippen LogP contribution >= 0.6 is 11.6 Å². The van der Waals surface area contributed by atoms with E-state index < -0.39 is 0 Å². The van der Waals surface area contributed by atoms with Gasteiger partial charge < -0.3 is 10.1 Å². The highest BCUT2D eigenvalue weighted by Crippen LogP contribution is 2.25. The maximum absolute atomic E-state index is 12.0. The van der Waals surface area contributed by atoms with Crippen LogP contribution in [-0.2, 0) is 4.79 Å². The van der Waals surface area contributed by atoms with Crippen LogP contribution in [-0.4, -0.2) is 60.2 Å². The molecule has 1 N–H and O–H groups in total. The fourth-order valence-corrected chi connectivity index (χ4v) is 3.73. The summed E-state index contributed by atoms with van der Waals surface area (Å²) in [5.74, 6) is 0.464. The second-order valence-corrected chi connectivity index (χ2v) is 7.86. The van der Waals surface area contributed by atoms with Gasteiger partial charge in [-0.3, -0.25) is 9.69 Å². The van der Waals surface area contributed by atoms with Gasteiger partial charge in [0.2, 0.25) is 0 Å². The maximum atomic E-state index is 12.0. The number of carbonyl (C=O) groups excluding carboxylic acids is 2. The summed E-state index contributed by atoms with van der Waals surface area (Å²) in [6.45, 7) is 8.21. The van der Waals surface area contributed by atoms with Gasteiger partial charge in [-0.1, -0.05) is 30.3 Å². The first-order chi connectivity index (χ1) is 14.9. The number of nitrogens with zero attached hydrogens (tertiary/aromatic N) is 2. The molecule has 162 valence electrons. The molecule has 1 aliphatic rings. The molecule has 7 heteroatoms. The van der Waals surface area contributed by atoms with E-state index in [0.29, 0.717) is 36.0 Å². The number of hydrogen-bond donors (Lipinski definition) is 1. The van der Waals surface area contributed by atoms with Gasteiger partial charge in [0.1, 0.15) is 11.9 Å². The molecule has 6 nitrogen and oxygen atoms in total. The third-order valence-electron chi connectivity index (χ3n) is 5.28. The predicted octanol–water partition coefficient (Wildman–Crippen LogP) is 3.32. The van der Waals surface area contributed by atoms with E-state index in [1.54, 1.807) is 35.9 Å². The van der Waals surface area contributed by atoms with Crippen molar-refractivity contribution in [1.29, 1.82) is 0 Å². The third kappa shape index (κ3) is 5.81. The Kier molecular flexibility index (Phi) is 7.60. The lowest BCUT2D eigenvalue weighted by Gasteiger charge is -2.29. The van der Waals surface area contributed by atoms with Crippen molar-refractivity contribution >= 4 is 29.1 Å². The molecule has 3 rings (SSSR count). The smallest absolute Gasteiger partial charge is 0.411 e. The second kappa shape index (κ2) is 10.4. The van der Waals surface area contributed by atoms with Gasteiger partial charge in [-0.05, 0) is 42.0 Å². The van der Waals surface area contributed by atoms with Gasteiger partial charge in [-0.15, -0.1) is 0 Å². The SMILES string of the molecule is C=CC(=O)[N+]1=C(C)CN(CC(Oc2ccc(C(=O)NC)cc2)c2ccc(Cl)cc2)CC1. The minimum Gasteiger partial charge on any atom is -0.484 e. The molecular weight excluding hydrogens is 414 g/mol. The number of ether oxygens (including phenoxy) is 1. The van der Waals surface area contributed by atoms with Gasteiger partial charge in [0.05, 0.1) is 13.1 Å². The fraction of sp³-hybridized carbons (Fsp3) is 0.292. The zero-order valence-electron chi connectivity index (χ0n) is 17.8. The van der Waals surface area contributed by atoms with E-state index in [2.05, 4.69) is 16.8 Å². The quantitative estimate of drug-likeness (QED) is 0.530. The molecule has 0 bridgehead atoms. The minimum absolute atomic E-state index is 0.0705. The summed E-state index contributed by atoms with van der Waals surface area (Å²) in [5.41, 5.74) is 2.56. The topological polar surface area (TPSA) is 61.6 Å². The summed E-state index contributed by atoms with van der Waals surface area (Å²) < 4.78 is 8.08. The fourth-order valence-electron chi connectivity index (χ4n) is 3.60. The van der Waals surface area contributed by atoms with Gasteiger partial charge >= 0.3 is 5.91 Å². The maximum Gasteiger partial charge on any atom is 0.411 e. The molecule has 2 aromatic rings. The average Bonchev–Trinajstić information content (AvgIpc) is 2.78. The molecule has 2 amide bonds. The van der Waals surface area contributed by atoms with E-state index in [1.807, 2.05) is 31.2 Å². The van der Waals surface area contributed by atoms with E-state index in [-0.39, 0.29) is 17.9 Å². The number of amides is 2. The van der Waals surface area contributed by atoms with E-state index in [1.165, 1.54) is 6.08 Å². The standard InChI is InChI=1S/C24H26ClN3O3/c1-4-23(29)28-14-13-27(15-17(28)2)16-22(18-5-9-20(25)10-6-18)31-21-11-7-19(8-12-21)24(30)26-3/h4-12,22H,1,13-16H2,2-3H3/p+1. The molecule has 0 fully saturated rings. The lowest BCUT2D eigenvalue weighted by atomic mass is 10.1.